The first-order valence-electron chi connectivity index (χ1n) is 17.2. The Morgan fingerprint density at radius 3 is 1.36 bits per heavy atom. The van der Waals surface area contributed by atoms with Crippen molar-refractivity contribution in [2.75, 3.05) is 0 Å². The van der Waals surface area contributed by atoms with Gasteiger partial charge in [0, 0.05) is 21.5 Å². The summed E-state index contributed by atoms with van der Waals surface area (Å²) in [5, 5.41) is 26.0. The monoisotopic (exact) mass is 646 g/mol. The maximum absolute atomic E-state index is 11.2. The number of rotatable bonds is 3. The second kappa shape index (κ2) is 11.2. The minimum absolute atomic E-state index is 0.0211. The molecule has 0 amide bonds. The van der Waals surface area contributed by atoms with Gasteiger partial charge in [0.2, 0.25) is 0 Å². The maximum atomic E-state index is 11.2. The Morgan fingerprint density at radius 2 is 0.900 bits per heavy atom. The van der Waals surface area contributed by atoms with Crippen molar-refractivity contribution < 1.29 is 0 Å². The molecule has 2 heterocycles. The van der Waals surface area contributed by atoms with Crippen molar-refractivity contribution in [2.24, 2.45) is 0 Å². The van der Waals surface area contributed by atoms with E-state index in [4.69, 9.17) is 0 Å². The molecule has 0 saturated carbocycles. The van der Waals surface area contributed by atoms with Gasteiger partial charge in [0.1, 0.15) is 11.6 Å². The highest BCUT2D eigenvalue weighted by Crippen LogP contribution is 2.42. The average Bonchev–Trinajstić information content (AvgIpc) is 3.62. The first-order chi connectivity index (χ1) is 24.0. The highest BCUT2D eigenvalue weighted by Gasteiger charge is 2.25. The Labute approximate surface area is 293 Å². The van der Waals surface area contributed by atoms with Crippen molar-refractivity contribution in [3.8, 4) is 34.6 Å². The summed E-state index contributed by atoms with van der Waals surface area (Å²) in [5.74, 6) is 0. The van der Waals surface area contributed by atoms with Crippen LogP contribution in [0.4, 0.5) is 0 Å². The van der Waals surface area contributed by atoms with Crippen molar-refractivity contribution in [1.29, 1.82) is 10.5 Å². The summed E-state index contributed by atoms with van der Waals surface area (Å²) in [4.78, 5) is 0. The highest BCUT2D eigenvalue weighted by molar-refractivity contribution is 6.11. The molecule has 6 aromatic carbocycles. The van der Waals surface area contributed by atoms with Crippen LogP contribution in [0.15, 0.2) is 121 Å². The van der Waals surface area contributed by atoms with Gasteiger partial charge >= 0.3 is 0 Å². The quantitative estimate of drug-likeness (QED) is 0.192. The first-order valence-corrected chi connectivity index (χ1v) is 17.2. The lowest BCUT2D eigenvalue weighted by Gasteiger charge is -2.21. The normalized spacial score (nSPS) is 12.2. The van der Waals surface area contributed by atoms with E-state index in [0.29, 0.717) is 11.1 Å². The number of para-hydroxylation sites is 2. The number of fused-ring (bicyclic) bond motifs is 6. The third-order valence-corrected chi connectivity index (χ3v) is 10.1. The molecule has 0 fully saturated rings. The fourth-order valence-corrected chi connectivity index (χ4v) is 7.46. The number of benzene rings is 6. The van der Waals surface area contributed by atoms with Gasteiger partial charge in [0.25, 0.3) is 0 Å². The Balaban J connectivity index is 1.55. The SMILES string of the molecule is CC(C)(C)c1ccc2c(c1)c1ccccc1n2-c1cc(-c2ccccc2C#N)cc(-n2c3ccccc3c3cc(C(C)(C)C)ccc32)c1C#N. The van der Waals surface area contributed by atoms with Gasteiger partial charge in [-0.15, -0.1) is 0 Å². The molecule has 4 nitrogen and oxygen atoms in total. The van der Waals surface area contributed by atoms with Gasteiger partial charge in [-0.05, 0) is 87.7 Å². The van der Waals surface area contributed by atoms with E-state index in [0.717, 1.165) is 66.1 Å². The number of hydrogen-bond acceptors (Lipinski definition) is 2. The Bertz CT molecular complexity index is 2590. The van der Waals surface area contributed by atoms with Crippen LogP contribution in [-0.2, 0) is 10.8 Å². The second-order valence-corrected chi connectivity index (χ2v) is 15.3. The molecule has 8 aromatic rings. The lowest BCUT2D eigenvalue weighted by atomic mass is 9.86. The van der Waals surface area contributed by atoms with Crippen LogP contribution in [0.5, 0.6) is 0 Å². The van der Waals surface area contributed by atoms with Gasteiger partial charge in [-0.25, -0.2) is 0 Å². The standard InChI is InChI=1S/C46H38N4/c1-45(2,3)31-19-21-41-36(25-31)34-15-9-11-17-39(34)49(41)43-23-30(33-14-8-7-13-29(33)27-47)24-44(38(43)28-48)50-40-18-12-10-16-35(40)37-26-32(46(4,5)6)20-22-42(37)50/h7-26H,1-6H3. The minimum atomic E-state index is -0.0211. The summed E-state index contributed by atoms with van der Waals surface area (Å²) in [7, 11) is 0. The van der Waals surface area contributed by atoms with E-state index in [2.05, 4.69) is 160 Å². The third-order valence-electron chi connectivity index (χ3n) is 10.1. The molecule has 0 aliphatic carbocycles. The van der Waals surface area contributed by atoms with Crippen molar-refractivity contribution in [1.82, 2.24) is 9.13 Å². The fourth-order valence-electron chi connectivity index (χ4n) is 7.46. The van der Waals surface area contributed by atoms with Crippen LogP contribution < -0.4 is 0 Å². The molecule has 0 atom stereocenters. The number of nitrogens with zero attached hydrogens (tertiary/aromatic N) is 4. The molecule has 8 rings (SSSR count). The zero-order valence-corrected chi connectivity index (χ0v) is 29.3. The van der Waals surface area contributed by atoms with Gasteiger partial charge in [-0.3, -0.25) is 0 Å². The van der Waals surface area contributed by atoms with Crippen molar-refractivity contribution in [2.45, 2.75) is 52.4 Å². The minimum Gasteiger partial charge on any atom is -0.308 e. The number of aromatic nitrogens is 2. The van der Waals surface area contributed by atoms with Crippen LogP contribution in [0.3, 0.4) is 0 Å². The number of nitriles is 2. The Kier molecular flexibility index (Phi) is 7.00. The predicted octanol–water partition coefficient (Wildman–Crippen LogP) is 11.9. The molecule has 2 aromatic heterocycles. The van der Waals surface area contributed by atoms with Gasteiger partial charge in [0.15, 0.2) is 0 Å². The van der Waals surface area contributed by atoms with Crippen LogP contribution in [0, 0.1) is 22.7 Å². The van der Waals surface area contributed by atoms with E-state index >= 15 is 0 Å². The third kappa shape index (κ3) is 4.80. The second-order valence-electron chi connectivity index (χ2n) is 15.3. The van der Waals surface area contributed by atoms with E-state index in [9.17, 15) is 10.5 Å². The molecule has 0 N–H and O–H groups in total. The molecule has 0 bridgehead atoms. The van der Waals surface area contributed by atoms with Crippen LogP contribution in [-0.4, -0.2) is 9.13 Å². The summed E-state index contributed by atoms with van der Waals surface area (Å²) in [6, 6.07) is 47.3. The Morgan fingerprint density at radius 1 is 0.460 bits per heavy atom. The molecule has 0 spiro atoms. The molecule has 50 heavy (non-hydrogen) atoms. The average molecular weight is 647 g/mol. The van der Waals surface area contributed by atoms with Crippen LogP contribution in [0.25, 0.3) is 66.1 Å². The van der Waals surface area contributed by atoms with Crippen molar-refractivity contribution in [3.63, 3.8) is 0 Å². The van der Waals surface area contributed by atoms with Crippen LogP contribution >= 0.6 is 0 Å². The van der Waals surface area contributed by atoms with Crippen LogP contribution in [0.1, 0.15) is 63.8 Å². The van der Waals surface area contributed by atoms with E-state index < -0.39 is 0 Å². The predicted molar refractivity (Wildman–Crippen MR) is 207 cm³/mol. The van der Waals surface area contributed by atoms with E-state index in [1.807, 2.05) is 24.3 Å². The molecule has 0 saturated heterocycles. The van der Waals surface area contributed by atoms with Crippen molar-refractivity contribution in [3.05, 3.63) is 144 Å². The van der Waals surface area contributed by atoms with E-state index in [1.165, 1.54) is 11.1 Å². The topological polar surface area (TPSA) is 57.4 Å². The van der Waals surface area contributed by atoms with Crippen molar-refractivity contribution >= 4 is 43.6 Å². The number of hydrogen-bond donors (Lipinski definition) is 0. The zero-order chi connectivity index (χ0) is 34.9. The molecule has 0 aliphatic rings. The molecule has 0 aliphatic heterocycles. The molecule has 242 valence electrons. The van der Waals surface area contributed by atoms with E-state index in [1.54, 1.807) is 0 Å². The molecular weight excluding hydrogens is 609 g/mol. The summed E-state index contributed by atoms with van der Waals surface area (Å²) in [5.41, 5.74) is 11.0. The molecular formula is C46H38N4. The molecule has 0 unspecified atom stereocenters. The van der Waals surface area contributed by atoms with Gasteiger partial charge in [0.05, 0.1) is 45.1 Å². The van der Waals surface area contributed by atoms with Crippen LogP contribution in [0.2, 0.25) is 0 Å². The smallest absolute Gasteiger partial charge is 0.104 e. The summed E-state index contributed by atoms with van der Waals surface area (Å²) in [6.45, 7) is 13.4. The zero-order valence-electron chi connectivity index (χ0n) is 29.3. The van der Waals surface area contributed by atoms with E-state index in [-0.39, 0.29) is 10.8 Å². The van der Waals surface area contributed by atoms with Gasteiger partial charge in [-0.2, -0.15) is 10.5 Å². The maximum Gasteiger partial charge on any atom is 0.104 e. The Hall–Kier alpha value is -6.10. The summed E-state index contributed by atoms with van der Waals surface area (Å²) in [6.07, 6.45) is 0. The first kappa shape index (κ1) is 31.2. The van der Waals surface area contributed by atoms with Gasteiger partial charge in [-0.1, -0.05) is 108 Å². The lowest BCUT2D eigenvalue weighted by molar-refractivity contribution is 0.591. The fraction of sp³-hybridized carbons (Fsp3) is 0.174. The molecule has 4 heteroatoms. The largest absolute Gasteiger partial charge is 0.308 e. The lowest BCUT2D eigenvalue weighted by Crippen LogP contribution is -2.11. The summed E-state index contributed by atoms with van der Waals surface area (Å²) < 4.78 is 4.48. The molecule has 0 radical (unpaired) electrons. The summed E-state index contributed by atoms with van der Waals surface area (Å²) >= 11 is 0. The van der Waals surface area contributed by atoms with Gasteiger partial charge < -0.3 is 9.13 Å². The highest BCUT2D eigenvalue weighted by atomic mass is 15.0.